The number of aromatic nitrogens is 4. The van der Waals surface area contributed by atoms with Gasteiger partial charge in [-0.15, -0.1) is 10.2 Å². The van der Waals surface area contributed by atoms with Gasteiger partial charge in [0.05, 0.1) is 16.8 Å². The Morgan fingerprint density at radius 3 is 2.00 bits per heavy atom. The van der Waals surface area contributed by atoms with E-state index in [4.69, 9.17) is 0 Å². The minimum Gasteiger partial charge on any atom is -0.339 e. The number of carbonyl (C=O) groups is 3. The molecule has 3 heterocycles. The third-order valence-corrected chi connectivity index (χ3v) is 6.54. The molecule has 0 aliphatic carbocycles. The summed E-state index contributed by atoms with van der Waals surface area (Å²) < 4.78 is 1.77. The van der Waals surface area contributed by atoms with E-state index in [2.05, 4.69) is 25.9 Å². The molecule has 4 aromatic rings. The van der Waals surface area contributed by atoms with E-state index in [0.29, 0.717) is 28.5 Å². The van der Waals surface area contributed by atoms with Gasteiger partial charge < -0.3 is 10.6 Å². The van der Waals surface area contributed by atoms with Gasteiger partial charge in [-0.3, -0.25) is 19.3 Å². The fraction of sp³-hybridized carbons (Fsp3) is 0.185. The second-order valence-electron chi connectivity index (χ2n) is 8.88. The first-order valence-electron chi connectivity index (χ1n) is 11.8. The Kier molecular flexibility index (Phi) is 6.00. The first kappa shape index (κ1) is 23.9. The third-order valence-electron chi connectivity index (χ3n) is 6.54. The Balaban J connectivity index is 1.22. The molecular formula is C27H25N7O3. The maximum atomic E-state index is 12.8. The minimum absolute atomic E-state index is 0.309. The summed E-state index contributed by atoms with van der Waals surface area (Å²) in [6.45, 7) is 7.50. The van der Waals surface area contributed by atoms with E-state index in [1.165, 1.54) is 6.92 Å². The molecule has 186 valence electrons. The van der Waals surface area contributed by atoms with Crippen LogP contribution in [0.2, 0.25) is 0 Å². The first-order chi connectivity index (χ1) is 17.7. The van der Waals surface area contributed by atoms with Crippen LogP contribution in [0.25, 0.3) is 5.82 Å². The van der Waals surface area contributed by atoms with Gasteiger partial charge in [0, 0.05) is 17.1 Å². The number of nitrogens with zero attached hydrogens (tertiary/aromatic N) is 5. The molecule has 0 saturated carbocycles. The van der Waals surface area contributed by atoms with Crippen molar-refractivity contribution in [2.75, 3.05) is 10.6 Å². The Morgan fingerprint density at radius 1 is 0.838 bits per heavy atom. The van der Waals surface area contributed by atoms with E-state index in [-0.39, 0.29) is 0 Å². The Bertz CT molecular complexity index is 1490. The van der Waals surface area contributed by atoms with Gasteiger partial charge in [-0.05, 0) is 81.8 Å². The Morgan fingerprint density at radius 2 is 1.46 bits per heavy atom. The highest BCUT2D eigenvalue weighted by Gasteiger charge is 2.40. The largest absolute Gasteiger partial charge is 0.339 e. The van der Waals surface area contributed by atoms with Crippen LogP contribution in [0, 0.1) is 20.8 Å². The van der Waals surface area contributed by atoms with Crippen LogP contribution in [0.5, 0.6) is 0 Å². The third kappa shape index (κ3) is 4.33. The minimum atomic E-state index is -0.968. The van der Waals surface area contributed by atoms with E-state index in [9.17, 15) is 14.4 Å². The summed E-state index contributed by atoms with van der Waals surface area (Å²) in [6, 6.07) is 16.2. The van der Waals surface area contributed by atoms with Gasteiger partial charge in [0.15, 0.2) is 11.6 Å². The first-order valence-corrected chi connectivity index (χ1v) is 11.8. The summed E-state index contributed by atoms with van der Waals surface area (Å²) in [7, 11) is 0. The number of hydrogen-bond donors (Lipinski definition) is 2. The van der Waals surface area contributed by atoms with E-state index in [1.54, 1.807) is 53.2 Å². The van der Waals surface area contributed by atoms with Crippen molar-refractivity contribution in [1.29, 1.82) is 0 Å². The predicted molar refractivity (Wildman–Crippen MR) is 138 cm³/mol. The molecule has 1 aliphatic rings. The van der Waals surface area contributed by atoms with Gasteiger partial charge >= 0.3 is 0 Å². The van der Waals surface area contributed by atoms with Crippen LogP contribution in [-0.4, -0.2) is 48.6 Å². The van der Waals surface area contributed by atoms with Crippen molar-refractivity contribution in [3.63, 3.8) is 0 Å². The zero-order valence-electron chi connectivity index (χ0n) is 20.8. The molecule has 1 atom stereocenters. The maximum absolute atomic E-state index is 12.8. The molecule has 3 amide bonds. The lowest BCUT2D eigenvalue weighted by Gasteiger charge is -2.21. The highest BCUT2D eigenvalue weighted by molar-refractivity contribution is 6.23. The second-order valence-corrected chi connectivity index (χ2v) is 8.88. The molecule has 1 unspecified atom stereocenters. The van der Waals surface area contributed by atoms with Crippen molar-refractivity contribution in [1.82, 2.24) is 24.9 Å². The smallest absolute Gasteiger partial charge is 0.262 e. The summed E-state index contributed by atoms with van der Waals surface area (Å²) in [5.41, 5.74) is 4.98. The molecule has 0 bridgehead atoms. The molecule has 0 spiro atoms. The number of rotatable bonds is 6. The zero-order chi connectivity index (χ0) is 26.3. The standard InChI is InChI=1S/C27H25N7O3/c1-15-16(2)32-34(17(15)3)24-14-13-23(30-31-24)28-19-9-11-20(12-10-19)29-25(35)18(4)33-26(36)21-7-5-6-8-22(21)27(33)37/h5-14,18H,1-4H3,(H,28,30)(H,29,35). The van der Waals surface area contributed by atoms with Crippen molar-refractivity contribution in [3.05, 3.63) is 88.7 Å². The number of benzene rings is 2. The monoisotopic (exact) mass is 495 g/mol. The van der Waals surface area contributed by atoms with Crippen molar-refractivity contribution in [2.45, 2.75) is 33.7 Å². The average Bonchev–Trinajstić information content (AvgIpc) is 3.32. The van der Waals surface area contributed by atoms with E-state index >= 15 is 0 Å². The van der Waals surface area contributed by atoms with E-state index in [0.717, 1.165) is 27.5 Å². The van der Waals surface area contributed by atoms with Crippen molar-refractivity contribution in [3.8, 4) is 5.82 Å². The fourth-order valence-corrected chi connectivity index (χ4v) is 4.16. The summed E-state index contributed by atoms with van der Waals surface area (Å²) in [5.74, 6) is -0.218. The van der Waals surface area contributed by atoms with Crippen LogP contribution in [0.1, 0.15) is 44.6 Å². The van der Waals surface area contributed by atoms with Gasteiger partial charge in [-0.25, -0.2) is 4.68 Å². The van der Waals surface area contributed by atoms with E-state index < -0.39 is 23.8 Å². The molecule has 5 rings (SSSR count). The second kappa shape index (κ2) is 9.30. The summed E-state index contributed by atoms with van der Waals surface area (Å²) in [5, 5.41) is 18.9. The molecule has 2 N–H and O–H groups in total. The normalized spacial score (nSPS) is 13.5. The number of amides is 3. The van der Waals surface area contributed by atoms with Crippen LogP contribution in [0.3, 0.4) is 0 Å². The van der Waals surface area contributed by atoms with Crippen LogP contribution in [-0.2, 0) is 4.79 Å². The van der Waals surface area contributed by atoms with Crippen LogP contribution in [0.4, 0.5) is 17.2 Å². The summed E-state index contributed by atoms with van der Waals surface area (Å²) >= 11 is 0. The number of carbonyl (C=O) groups excluding carboxylic acids is 3. The Labute approximate surface area is 213 Å². The highest BCUT2D eigenvalue weighted by Crippen LogP contribution is 2.25. The van der Waals surface area contributed by atoms with Gasteiger partial charge in [0.1, 0.15) is 6.04 Å². The number of nitrogens with one attached hydrogen (secondary N) is 2. The fourth-order valence-electron chi connectivity index (χ4n) is 4.16. The molecule has 37 heavy (non-hydrogen) atoms. The molecule has 1 aliphatic heterocycles. The Hall–Kier alpha value is -4.86. The van der Waals surface area contributed by atoms with Crippen LogP contribution >= 0.6 is 0 Å². The lowest BCUT2D eigenvalue weighted by atomic mass is 10.1. The highest BCUT2D eigenvalue weighted by atomic mass is 16.2. The lowest BCUT2D eigenvalue weighted by molar-refractivity contribution is -0.119. The van der Waals surface area contributed by atoms with Gasteiger partial charge in [-0.1, -0.05) is 12.1 Å². The van der Waals surface area contributed by atoms with Gasteiger partial charge in [0.2, 0.25) is 5.91 Å². The van der Waals surface area contributed by atoms with Crippen molar-refractivity contribution >= 4 is 34.9 Å². The van der Waals surface area contributed by atoms with Crippen LogP contribution in [0.15, 0.2) is 60.7 Å². The summed E-state index contributed by atoms with van der Waals surface area (Å²) in [6.07, 6.45) is 0. The van der Waals surface area contributed by atoms with Crippen molar-refractivity contribution < 1.29 is 14.4 Å². The zero-order valence-corrected chi connectivity index (χ0v) is 20.8. The maximum Gasteiger partial charge on any atom is 0.262 e. The molecule has 0 radical (unpaired) electrons. The lowest BCUT2D eigenvalue weighted by Crippen LogP contribution is -2.45. The molecule has 10 heteroatoms. The average molecular weight is 496 g/mol. The number of aryl methyl sites for hydroxylation is 1. The van der Waals surface area contributed by atoms with E-state index in [1.807, 2.05) is 32.9 Å². The number of hydrogen-bond acceptors (Lipinski definition) is 7. The van der Waals surface area contributed by atoms with Gasteiger partial charge in [0.25, 0.3) is 11.8 Å². The quantitative estimate of drug-likeness (QED) is 0.388. The summed E-state index contributed by atoms with van der Waals surface area (Å²) in [4.78, 5) is 39.1. The molecular weight excluding hydrogens is 470 g/mol. The van der Waals surface area contributed by atoms with Crippen LogP contribution < -0.4 is 10.6 Å². The molecule has 2 aromatic carbocycles. The predicted octanol–water partition coefficient (Wildman–Crippen LogP) is 3.95. The topological polar surface area (TPSA) is 122 Å². The molecule has 2 aromatic heterocycles. The number of imide groups is 1. The number of fused-ring (bicyclic) bond motifs is 1. The molecule has 0 saturated heterocycles. The number of anilines is 3. The van der Waals surface area contributed by atoms with Crippen molar-refractivity contribution in [2.24, 2.45) is 0 Å². The SMILES string of the molecule is Cc1nn(-c2ccc(Nc3ccc(NC(=O)C(C)N4C(=O)c5ccccc5C4=O)cc3)nn2)c(C)c1C. The molecule has 0 fully saturated rings. The van der Waals surface area contributed by atoms with Gasteiger partial charge in [-0.2, -0.15) is 5.10 Å². The molecule has 10 nitrogen and oxygen atoms in total.